The number of nitrogens with zero attached hydrogens (tertiary/aromatic N) is 1. The number of hydrogen-bond donors (Lipinski definition) is 1. The summed E-state index contributed by atoms with van der Waals surface area (Å²) >= 11 is 5.81. The number of allylic oxidation sites excluding steroid dienone is 1. The molecule has 0 aliphatic rings. The van der Waals surface area contributed by atoms with Crippen LogP contribution < -0.4 is 10.5 Å². The average molecular weight is 355 g/mol. The standard InChI is InChI=1S/C19H15ClN2O3/c1-12(22)17(10-21)18(23)11-25-16-8-4-14(5-9-16)19(24)13-2-6-15(20)7-3-13/h2-9H,11,22H2,1H3/b17-12+. The van der Waals surface area contributed by atoms with Gasteiger partial charge in [-0.25, -0.2) is 0 Å². The maximum absolute atomic E-state index is 12.3. The molecule has 0 fully saturated rings. The molecule has 0 aliphatic heterocycles. The lowest BCUT2D eigenvalue weighted by atomic mass is 10.0. The van der Waals surface area contributed by atoms with Crippen molar-refractivity contribution in [2.75, 3.05) is 6.61 Å². The van der Waals surface area contributed by atoms with Crippen molar-refractivity contribution in [1.29, 1.82) is 5.26 Å². The molecule has 0 saturated carbocycles. The van der Waals surface area contributed by atoms with Crippen LogP contribution in [0, 0.1) is 11.3 Å². The van der Waals surface area contributed by atoms with Gasteiger partial charge in [0, 0.05) is 21.8 Å². The van der Waals surface area contributed by atoms with E-state index in [1.54, 1.807) is 54.6 Å². The number of nitrogens with two attached hydrogens (primary N) is 1. The second kappa shape index (κ2) is 8.13. The highest BCUT2D eigenvalue weighted by Gasteiger charge is 2.13. The molecule has 0 bridgehead atoms. The molecule has 0 amide bonds. The van der Waals surface area contributed by atoms with E-state index in [4.69, 9.17) is 27.3 Å². The zero-order valence-electron chi connectivity index (χ0n) is 13.5. The Morgan fingerprint density at radius 1 is 1.08 bits per heavy atom. The molecule has 0 radical (unpaired) electrons. The number of hydrogen-bond acceptors (Lipinski definition) is 5. The molecular formula is C19H15ClN2O3. The van der Waals surface area contributed by atoms with Gasteiger partial charge in [0.15, 0.2) is 12.4 Å². The monoisotopic (exact) mass is 354 g/mol. The van der Waals surface area contributed by atoms with Crippen molar-refractivity contribution in [2.45, 2.75) is 6.92 Å². The van der Waals surface area contributed by atoms with E-state index in [9.17, 15) is 9.59 Å². The van der Waals surface area contributed by atoms with E-state index in [1.807, 2.05) is 0 Å². The van der Waals surface area contributed by atoms with E-state index in [0.29, 0.717) is 21.9 Å². The van der Waals surface area contributed by atoms with E-state index in [0.717, 1.165) is 0 Å². The predicted molar refractivity (Wildman–Crippen MR) is 94.3 cm³/mol. The Hall–Kier alpha value is -3.10. The Morgan fingerprint density at radius 3 is 2.08 bits per heavy atom. The minimum absolute atomic E-state index is 0.116. The van der Waals surface area contributed by atoms with Gasteiger partial charge in [-0.2, -0.15) is 5.26 Å². The molecule has 0 saturated heterocycles. The van der Waals surface area contributed by atoms with Crippen molar-refractivity contribution in [1.82, 2.24) is 0 Å². The first-order valence-electron chi connectivity index (χ1n) is 7.35. The van der Waals surface area contributed by atoms with Crippen LogP contribution in [0.5, 0.6) is 5.75 Å². The van der Waals surface area contributed by atoms with Gasteiger partial charge in [-0.1, -0.05) is 11.6 Å². The number of ether oxygens (including phenoxy) is 1. The summed E-state index contributed by atoms with van der Waals surface area (Å²) in [5.41, 5.74) is 6.51. The second-order valence-electron chi connectivity index (χ2n) is 5.24. The van der Waals surface area contributed by atoms with Crippen LogP contribution in [0.3, 0.4) is 0 Å². The highest BCUT2D eigenvalue weighted by atomic mass is 35.5. The molecule has 6 heteroatoms. The summed E-state index contributed by atoms with van der Waals surface area (Å²) < 4.78 is 5.34. The summed E-state index contributed by atoms with van der Waals surface area (Å²) in [6.07, 6.45) is 0. The van der Waals surface area contributed by atoms with E-state index < -0.39 is 5.78 Å². The van der Waals surface area contributed by atoms with Crippen LogP contribution in [-0.4, -0.2) is 18.2 Å². The fourth-order valence-corrected chi connectivity index (χ4v) is 2.19. The SMILES string of the molecule is C/C(N)=C(/C#N)C(=O)COc1ccc(C(=O)c2ccc(Cl)cc2)cc1. The molecule has 5 nitrogen and oxygen atoms in total. The zero-order valence-corrected chi connectivity index (χ0v) is 14.2. The predicted octanol–water partition coefficient (Wildman–Crippen LogP) is 3.28. The van der Waals surface area contributed by atoms with Crippen molar-refractivity contribution in [2.24, 2.45) is 5.73 Å². The first-order chi connectivity index (χ1) is 11.9. The highest BCUT2D eigenvalue weighted by molar-refractivity contribution is 6.30. The van der Waals surface area contributed by atoms with E-state index in [-0.39, 0.29) is 23.7 Å². The van der Waals surface area contributed by atoms with Gasteiger partial charge < -0.3 is 10.5 Å². The number of ketones is 2. The third-order valence-corrected chi connectivity index (χ3v) is 3.63. The molecule has 0 aromatic heterocycles. The molecule has 2 aromatic carbocycles. The van der Waals surface area contributed by atoms with Gasteiger partial charge in [0.1, 0.15) is 17.4 Å². The van der Waals surface area contributed by atoms with E-state index >= 15 is 0 Å². The first-order valence-corrected chi connectivity index (χ1v) is 7.73. The molecule has 25 heavy (non-hydrogen) atoms. The summed E-state index contributed by atoms with van der Waals surface area (Å²) in [6.45, 7) is 1.18. The van der Waals surface area contributed by atoms with Crippen LogP contribution in [0.2, 0.25) is 5.02 Å². The summed E-state index contributed by atoms with van der Waals surface area (Å²) in [5, 5.41) is 9.44. The first kappa shape index (κ1) is 18.2. The van der Waals surface area contributed by atoms with Crippen molar-refractivity contribution in [3.63, 3.8) is 0 Å². The number of halogens is 1. The molecule has 0 aliphatic carbocycles. The Balaban J connectivity index is 2.04. The summed E-state index contributed by atoms with van der Waals surface area (Å²) in [7, 11) is 0. The zero-order chi connectivity index (χ0) is 18.4. The number of nitriles is 1. The van der Waals surface area contributed by atoms with Crippen LogP contribution in [0.4, 0.5) is 0 Å². The summed E-state index contributed by atoms with van der Waals surface area (Å²) in [6, 6.07) is 14.7. The molecule has 2 aromatic rings. The molecule has 126 valence electrons. The fraction of sp³-hybridized carbons (Fsp3) is 0.105. The van der Waals surface area contributed by atoms with Crippen LogP contribution in [-0.2, 0) is 4.79 Å². The fourth-order valence-electron chi connectivity index (χ4n) is 2.06. The van der Waals surface area contributed by atoms with E-state index in [2.05, 4.69) is 0 Å². The Morgan fingerprint density at radius 2 is 1.60 bits per heavy atom. The van der Waals surface area contributed by atoms with Crippen molar-refractivity contribution >= 4 is 23.2 Å². The summed E-state index contributed by atoms with van der Waals surface area (Å²) in [4.78, 5) is 24.2. The lowest BCUT2D eigenvalue weighted by Gasteiger charge is -2.07. The van der Waals surface area contributed by atoms with Crippen LogP contribution >= 0.6 is 11.6 Å². The number of carbonyl (C=O) groups is 2. The van der Waals surface area contributed by atoms with Gasteiger partial charge >= 0.3 is 0 Å². The number of carbonyl (C=O) groups excluding carboxylic acids is 2. The van der Waals surface area contributed by atoms with Gasteiger partial charge in [-0.3, -0.25) is 9.59 Å². The van der Waals surface area contributed by atoms with Gasteiger partial charge in [-0.15, -0.1) is 0 Å². The topological polar surface area (TPSA) is 93.2 Å². The Bertz CT molecular complexity index is 859. The number of benzene rings is 2. The minimum atomic E-state index is -0.496. The van der Waals surface area contributed by atoms with Gasteiger partial charge in [-0.05, 0) is 55.5 Å². The normalized spacial score (nSPS) is 11.2. The maximum atomic E-state index is 12.3. The van der Waals surface area contributed by atoms with Crippen LogP contribution in [0.1, 0.15) is 22.8 Å². The smallest absolute Gasteiger partial charge is 0.212 e. The van der Waals surface area contributed by atoms with Crippen molar-refractivity contribution in [3.8, 4) is 11.8 Å². The lowest BCUT2D eigenvalue weighted by Crippen LogP contribution is -2.16. The van der Waals surface area contributed by atoms with Crippen molar-refractivity contribution in [3.05, 3.63) is 76.0 Å². The van der Waals surface area contributed by atoms with Crippen LogP contribution in [0.25, 0.3) is 0 Å². The maximum Gasteiger partial charge on any atom is 0.212 e. The van der Waals surface area contributed by atoms with Crippen LogP contribution in [0.15, 0.2) is 59.8 Å². The number of rotatable bonds is 6. The quantitative estimate of drug-likeness (QED) is 0.488. The molecule has 2 rings (SSSR count). The molecular weight excluding hydrogens is 340 g/mol. The highest BCUT2D eigenvalue weighted by Crippen LogP contribution is 2.17. The Kier molecular flexibility index (Phi) is 5.93. The van der Waals surface area contributed by atoms with Crippen molar-refractivity contribution < 1.29 is 14.3 Å². The number of Topliss-reactive ketones (excluding diaryl/α,β-unsaturated/α-hetero) is 1. The second-order valence-corrected chi connectivity index (χ2v) is 5.68. The van der Waals surface area contributed by atoms with Gasteiger partial charge in [0.05, 0.1) is 0 Å². The largest absolute Gasteiger partial charge is 0.485 e. The lowest BCUT2D eigenvalue weighted by molar-refractivity contribution is -0.117. The third kappa shape index (κ3) is 4.69. The van der Waals surface area contributed by atoms with Gasteiger partial charge in [0.2, 0.25) is 5.78 Å². The molecule has 0 heterocycles. The third-order valence-electron chi connectivity index (χ3n) is 3.38. The summed E-state index contributed by atoms with van der Waals surface area (Å²) in [5.74, 6) is -0.232. The average Bonchev–Trinajstić information content (AvgIpc) is 2.61. The molecule has 2 N–H and O–H groups in total. The molecule has 0 atom stereocenters. The minimum Gasteiger partial charge on any atom is -0.485 e. The Labute approximate surface area is 150 Å². The molecule has 0 spiro atoms. The van der Waals surface area contributed by atoms with E-state index in [1.165, 1.54) is 6.92 Å². The van der Waals surface area contributed by atoms with Gasteiger partial charge in [0.25, 0.3) is 0 Å². The molecule has 0 unspecified atom stereocenters.